The van der Waals surface area contributed by atoms with E-state index in [0.29, 0.717) is 23.7 Å². The number of phenols is 1. The number of benzene rings is 3. The fourth-order valence-electron chi connectivity index (χ4n) is 3.96. The minimum atomic E-state index is -0.201. The van der Waals surface area contributed by atoms with Crippen molar-refractivity contribution in [2.45, 2.75) is 19.4 Å². The highest BCUT2D eigenvalue weighted by Gasteiger charge is 2.32. The number of nitrogens with one attached hydrogen (secondary N) is 1. The Morgan fingerprint density at radius 1 is 1.03 bits per heavy atom. The van der Waals surface area contributed by atoms with Gasteiger partial charge >= 0.3 is 0 Å². The Labute approximate surface area is 174 Å². The van der Waals surface area contributed by atoms with E-state index in [9.17, 15) is 5.11 Å². The molecule has 0 saturated carbocycles. The summed E-state index contributed by atoms with van der Waals surface area (Å²) in [5, 5.41) is 18.9. The van der Waals surface area contributed by atoms with E-state index >= 15 is 0 Å². The summed E-state index contributed by atoms with van der Waals surface area (Å²) in [4.78, 5) is 4.54. The summed E-state index contributed by atoms with van der Waals surface area (Å²) in [6, 6.07) is 23.5. The van der Waals surface area contributed by atoms with Crippen molar-refractivity contribution in [3.8, 4) is 17.4 Å². The molecule has 0 aliphatic carbocycles. The number of aromatic hydroxyl groups is 1. The molecule has 1 aromatic heterocycles. The smallest absolute Gasteiger partial charge is 0.228 e. The van der Waals surface area contributed by atoms with Crippen LogP contribution in [0.1, 0.15) is 33.7 Å². The van der Waals surface area contributed by atoms with Crippen LogP contribution in [0.25, 0.3) is 0 Å². The average molecular weight is 395 g/mol. The molecule has 1 aliphatic heterocycles. The van der Waals surface area contributed by atoms with E-state index in [4.69, 9.17) is 10.1 Å². The summed E-state index contributed by atoms with van der Waals surface area (Å²) >= 11 is 0. The number of phenolic OH excluding ortho intramolecular Hbond substituents is 1. The first-order valence-electron chi connectivity index (χ1n) is 9.85. The van der Waals surface area contributed by atoms with Crippen LogP contribution in [0.5, 0.6) is 17.4 Å². The van der Waals surface area contributed by atoms with E-state index in [2.05, 4.69) is 36.2 Å². The third kappa shape index (κ3) is 3.14. The highest BCUT2D eigenvalue weighted by atomic mass is 16.5. The summed E-state index contributed by atoms with van der Waals surface area (Å²) in [6.07, 6.45) is 1.65. The van der Waals surface area contributed by atoms with Crippen LogP contribution in [0.4, 0.5) is 0 Å². The van der Waals surface area contributed by atoms with Gasteiger partial charge in [-0.05, 0) is 24.1 Å². The molecule has 30 heavy (non-hydrogen) atoms. The monoisotopic (exact) mass is 395 g/mol. The van der Waals surface area contributed by atoms with Gasteiger partial charge in [0.15, 0.2) is 0 Å². The minimum absolute atomic E-state index is 0.140. The molecular weight excluding hydrogens is 374 g/mol. The van der Waals surface area contributed by atoms with E-state index < -0.39 is 0 Å². The van der Waals surface area contributed by atoms with Crippen LogP contribution in [0.2, 0.25) is 0 Å². The highest BCUT2D eigenvalue weighted by molar-refractivity contribution is 5.57. The molecule has 0 amide bonds. The van der Waals surface area contributed by atoms with Crippen LogP contribution in [0.15, 0.2) is 79.1 Å². The molecule has 1 atom stereocenters. The molecule has 0 fully saturated rings. The second kappa shape index (κ2) is 7.19. The van der Waals surface area contributed by atoms with Gasteiger partial charge in [-0.2, -0.15) is 0 Å². The predicted octanol–water partition coefficient (Wildman–Crippen LogP) is 4.71. The molecule has 0 spiro atoms. The molecule has 4 aromatic rings. The van der Waals surface area contributed by atoms with Crippen LogP contribution in [-0.2, 0) is 6.54 Å². The number of nitrogens with zero attached hydrogens (tertiary/aromatic N) is 2. The number of hydrogen-bond donors (Lipinski definition) is 2. The lowest BCUT2D eigenvalue weighted by Crippen LogP contribution is -2.30. The molecule has 3 aromatic carbocycles. The first kappa shape index (κ1) is 18.2. The Morgan fingerprint density at radius 3 is 2.57 bits per heavy atom. The van der Waals surface area contributed by atoms with Crippen molar-refractivity contribution in [2.75, 3.05) is 0 Å². The molecule has 5 nitrogen and oxygen atoms in total. The fourth-order valence-corrected chi connectivity index (χ4v) is 3.96. The normalized spacial score (nSPS) is 14.5. The topological polar surface area (TPSA) is 71.1 Å². The highest BCUT2D eigenvalue weighted by Crippen LogP contribution is 2.45. The van der Waals surface area contributed by atoms with Crippen LogP contribution in [-0.4, -0.2) is 14.7 Å². The zero-order valence-electron chi connectivity index (χ0n) is 16.5. The Bertz CT molecular complexity index is 1280. The quantitative estimate of drug-likeness (QED) is 0.465. The van der Waals surface area contributed by atoms with Crippen LogP contribution >= 0.6 is 0 Å². The lowest BCUT2D eigenvalue weighted by atomic mass is 9.83. The zero-order chi connectivity index (χ0) is 20.7. The number of ether oxygens (including phenoxy) is 1. The maximum absolute atomic E-state index is 9.95. The Morgan fingerprint density at radius 2 is 1.80 bits per heavy atom. The summed E-state index contributed by atoms with van der Waals surface area (Å²) in [7, 11) is 0. The van der Waals surface area contributed by atoms with Crippen LogP contribution in [0, 0.1) is 12.3 Å². The largest absolute Gasteiger partial charge is 0.508 e. The van der Waals surface area contributed by atoms with E-state index in [1.807, 2.05) is 41.0 Å². The summed E-state index contributed by atoms with van der Waals surface area (Å²) in [5.41, 5.74) is 5.35. The third-order valence-electron chi connectivity index (χ3n) is 5.50. The van der Waals surface area contributed by atoms with Gasteiger partial charge in [-0.25, -0.2) is 4.98 Å². The second-order valence-corrected chi connectivity index (χ2v) is 7.59. The molecule has 5 rings (SSSR count). The van der Waals surface area contributed by atoms with Crippen molar-refractivity contribution in [1.29, 1.82) is 5.41 Å². The summed E-state index contributed by atoms with van der Waals surface area (Å²) < 4.78 is 7.85. The van der Waals surface area contributed by atoms with Gasteiger partial charge in [-0.15, -0.1) is 0 Å². The van der Waals surface area contributed by atoms with Crippen LogP contribution in [0.3, 0.4) is 0 Å². The molecule has 148 valence electrons. The Hall–Kier alpha value is -3.86. The van der Waals surface area contributed by atoms with Crippen LogP contribution < -0.4 is 10.2 Å². The zero-order valence-corrected chi connectivity index (χ0v) is 16.5. The Balaban J connectivity index is 1.69. The number of aryl methyl sites for hydroxylation is 1. The van der Waals surface area contributed by atoms with Gasteiger partial charge in [-0.1, -0.05) is 66.2 Å². The molecule has 2 N–H and O–H groups in total. The van der Waals surface area contributed by atoms with Gasteiger partial charge in [0.1, 0.15) is 23.3 Å². The van der Waals surface area contributed by atoms with Crippen molar-refractivity contribution >= 4 is 0 Å². The Kier molecular flexibility index (Phi) is 4.36. The third-order valence-corrected chi connectivity index (χ3v) is 5.50. The standard InChI is InChI=1S/C25H21N3O2/c1-16-7-9-18(10-8-16)22-20-12-11-19(29)13-21(20)30-25-23(22)24(26)28(15-27-25)14-17-5-3-2-4-6-17/h2-13,15,22,26,29H,14H2,1H3. The average Bonchev–Trinajstić information content (AvgIpc) is 2.76. The first-order valence-corrected chi connectivity index (χ1v) is 9.85. The van der Waals surface area contributed by atoms with Crippen molar-refractivity contribution in [2.24, 2.45) is 0 Å². The van der Waals surface area contributed by atoms with Crippen molar-refractivity contribution in [1.82, 2.24) is 9.55 Å². The number of rotatable bonds is 3. The number of fused-ring (bicyclic) bond motifs is 2. The fraction of sp³-hybridized carbons (Fsp3) is 0.120. The molecule has 1 unspecified atom stereocenters. The van der Waals surface area contributed by atoms with Gasteiger partial charge in [0, 0.05) is 17.5 Å². The maximum atomic E-state index is 9.95. The van der Waals surface area contributed by atoms with E-state index in [1.165, 1.54) is 5.56 Å². The molecule has 0 saturated heterocycles. The number of aromatic nitrogens is 2. The van der Waals surface area contributed by atoms with Gasteiger partial charge in [-0.3, -0.25) is 5.41 Å². The predicted molar refractivity (Wildman–Crippen MR) is 114 cm³/mol. The second-order valence-electron chi connectivity index (χ2n) is 7.59. The minimum Gasteiger partial charge on any atom is -0.508 e. The summed E-state index contributed by atoms with van der Waals surface area (Å²) in [5.74, 6) is 0.919. The molecule has 0 radical (unpaired) electrons. The van der Waals surface area contributed by atoms with Crippen molar-refractivity contribution in [3.63, 3.8) is 0 Å². The molecule has 5 heteroatoms. The SMILES string of the molecule is Cc1ccc(C2c3ccc(O)cc3Oc3ncn(Cc4ccccc4)c(=N)c32)cc1. The molecule has 1 aliphatic rings. The molecule has 0 bridgehead atoms. The summed E-state index contributed by atoms with van der Waals surface area (Å²) in [6.45, 7) is 2.61. The number of hydrogen-bond acceptors (Lipinski definition) is 4. The maximum Gasteiger partial charge on any atom is 0.228 e. The van der Waals surface area contributed by atoms with E-state index in [0.717, 1.165) is 22.3 Å². The lowest BCUT2D eigenvalue weighted by Gasteiger charge is -2.28. The van der Waals surface area contributed by atoms with Gasteiger partial charge in [0.25, 0.3) is 0 Å². The van der Waals surface area contributed by atoms with Gasteiger partial charge in [0.05, 0.1) is 12.1 Å². The van der Waals surface area contributed by atoms with Gasteiger partial charge in [0.2, 0.25) is 5.88 Å². The van der Waals surface area contributed by atoms with E-state index in [-0.39, 0.29) is 11.7 Å². The van der Waals surface area contributed by atoms with E-state index in [1.54, 1.807) is 18.5 Å². The lowest BCUT2D eigenvalue weighted by molar-refractivity contribution is 0.415. The molecule has 2 heterocycles. The molecular formula is C25H21N3O2. The van der Waals surface area contributed by atoms with Crippen molar-refractivity contribution in [3.05, 3.63) is 112 Å². The first-order chi connectivity index (χ1) is 14.6. The van der Waals surface area contributed by atoms with Crippen molar-refractivity contribution < 1.29 is 9.84 Å². The van der Waals surface area contributed by atoms with Gasteiger partial charge < -0.3 is 14.4 Å².